The fourth-order valence-corrected chi connectivity index (χ4v) is 2.88. The summed E-state index contributed by atoms with van der Waals surface area (Å²) >= 11 is 0. The number of aryl methyl sites for hydroxylation is 1. The zero-order chi connectivity index (χ0) is 20.8. The van der Waals surface area contributed by atoms with Gasteiger partial charge in [0.15, 0.2) is 0 Å². The molecular weight excluding hydrogens is 376 g/mol. The zero-order valence-electron chi connectivity index (χ0n) is 16.2. The third-order valence-electron chi connectivity index (χ3n) is 4.46. The van der Waals surface area contributed by atoms with E-state index in [1.165, 1.54) is 0 Å². The molecular formula is C20H22N4O5. The van der Waals surface area contributed by atoms with E-state index in [1.54, 1.807) is 43.6 Å². The Hall–Kier alpha value is -3.46. The number of hydrogen-bond donors (Lipinski definition) is 2. The molecule has 1 aromatic carbocycles. The summed E-state index contributed by atoms with van der Waals surface area (Å²) in [7, 11) is 0. The molecule has 0 saturated heterocycles. The Balaban J connectivity index is 1.64. The van der Waals surface area contributed by atoms with E-state index in [1.807, 2.05) is 6.92 Å². The number of anilines is 1. The van der Waals surface area contributed by atoms with Crippen LogP contribution in [-0.4, -0.2) is 34.4 Å². The first-order valence-electron chi connectivity index (χ1n) is 9.19. The molecule has 152 valence electrons. The summed E-state index contributed by atoms with van der Waals surface area (Å²) in [6, 6.07) is 6.84. The van der Waals surface area contributed by atoms with Crippen LogP contribution in [0.2, 0.25) is 0 Å². The standard InChI is InChI=1S/C20H22N4O5/c1-3-24(27)14-5-6-15-13(2)16(19(25)29-17(15)11-14)7-10-28-20(26)23-12-18-21-8-4-9-22-18/h4-6,8-9,11,27H,3,7,10,12H2,1-2H3,(H,23,26). The summed E-state index contributed by atoms with van der Waals surface area (Å²) < 4.78 is 10.5. The van der Waals surface area contributed by atoms with E-state index in [2.05, 4.69) is 15.3 Å². The first-order chi connectivity index (χ1) is 14.0. The van der Waals surface area contributed by atoms with E-state index in [-0.39, 0.29) is 19.6 Å². The monoisotopic (exact) mass is 398 g/mol. The predicted octanol–water partition coefficient (Wildman–Crippen LogP) is 2.58. The molecule has 0 aliphatic carbocycles. The summed E-state index contributed by atoms with van der Waals surface area (Å²) in [6.07, 6.45) is 2.77. The fourth-order valence-electron chi connectivity index (χ4n) is 2.88. The van der Waals surface area contributed by atoms with Crippen molar-refractivity contribution < 1.29 is 19.2 Å². The highest BCUT2D eigenvalue weighted by atomic mass is 16.5. The number of hydrogen-bond acceptors (Lipinski definition) is 8. The molecule has 0 spiro atoms. The predicted molar refractivity (Wildman–Crippen MR) is 106 cm³/mol. The van der Waals surface area contributed by atoms with Gasteiger partial charge in [0.2, 0.25) is 0 Å². The van der Waals surface area contributed by atoms with Crippen molar-refractivity contribution in [3.63, 3.8) is 0 Å². The molecule has 2 aromatic heterocycles. The number of rotatable bonds is 7. The van der Waals surface area contributed by atoms with Gasteiger partial charge in [-0.05, 0) is 37.6 Å². The number of aromatic nitrogens is 2. The average Bonchev–Trinajstić information content (AvgIpc) is 2.74. The lowest BCUT2D eigenvalue weighted by molar-refractivity contribution is 0.146. The Kier molecular flexibility index (Phi) is 6.40. The van der Waals surface area contributed by atoms with E-state index in [0.717, 1.165) is 16.0 Å². The maximum Gasteiger partial charge on any atom is 0.407 e. The molecule has 0 unspecified atom stereocenters. The molecule has 0 saturated carbocycles. The van der Waals surface area contributed by atoms with E-state index in [0.29, 0.717) is 29.2 Å². The van der Waals surface area contributed by atoms with Gasteiger partial charge in [-0.3, -0.25) is 10.3 Å². The van der Waals surface area contributed by atoms with Crippen LogP contribution in [0.4, 0.5) is 10.5 Å². The van der Waals surface area contributed by atoms with Gasteiger partial charge in [-0.2, -0.15) is 0 Å². The largest absolute Gasteiger partial charge is 0.449 e. The average molecular weight is 398 g/mol. The first-order valence-corrected chi connectivity index (χ1v) is 9.19. The van der Waals surface area contributed by atoms with Crippen LogP contribution in [0, 0.1) is 6.92 Å². The first kappa shape index (κ1) is 20.3. The van der Waals surface area contributed by atoms with Gasteiger partial charge in [-0.25, -0.2) is 19.6 Å². The number of carbonyl (C=O) groups excluding carboxylic acids is 1. The number of fused-ring (bicyclic) bond motifs is 1. The molecule has 2 heterocycles. The molecule has 0 bridgehead atoms. The summed E-state index contributed by atoms with van der Waals surface area (Å²) in [5.74, 6) is 0.472. The van der Waals surface area contributed by atoms with Crippen molar-refractivity contribution in [2.45, 2.75) is 26.8 Å². The minimum Gasteiger partial charge on any atom is -0.449 e. The van der Waals surface area contributed by atoms with Crippen LogP contribution in [-0.2, 0) is 17.7 Å². The second kappa shape index (κ2) is 9.16. The lowest BCUT2D eigenvalue weighted by Crippen LogP contribution is -2.26. The number of nitrogens with zero attached hydrogens (tertiary/aromatic N) is 3. The van der Waals surface area contributed by atoms with E-state index < -0.39 is 11.7 Å². The summed E-state index contributed by atoms with van der Waals surface area (Å²) in [6.45, 7) is 4.20. The highest BCUT2D eigenvalue weighted by molar-refractivity contribution is 5.84. The van der Waals surface area contributed by atoms with Gasteiger partial charge in [-0.1, -0.05) is 0 Å². The zero-order valence-corrected chi connectivity index (χ0v) is 16.2. The van der Waals surface area contributed by atoms with Crippen molar-refractivity contribution in [3.8, 4) is 0 Å². The van der Waals surface area contributed by atoms with Crippen LogP contribution in [0.3, 0.4) is 0 Å². The quantitative estimate of drug-likeness (QED) is 0.461. The van der Waals surface area contributed by atoms with E-state index in [9.17, 15) is 14.8 Å². The SMILES string of the molecule is CCN(O)c1ccc2c(C)c(CCOC(=O)NCc3ncccn3)c(=O)oc2c1. The van der Waals surface area contributed by atoms with Crippen LogP contribution in [0.1, 0.15) is 23.9 Å². The number of amides is 1. The minimum absolute atomic E-state index is 0.0247. The Morgan fingerprint density at radius 3 is 2.79 bits per heavy atom. The number of alkyl carbamates (subject to hydrolysis) is 1. The van der Waals surface area contributed by atoms with Gasteiger partial charge in [0.05, 0.1) is 18.8 Å². The highest BCUT2D eigenvalue weighted by Gasteiger charge is 2.14. The van der Waals surface area contributed by atoms with Crippen molar-refractivity contribution in [1.29, 1.82) is 0 Å². The van der Waals surface area contributed by atoms with Crippen LogP contribution in [0.15, 0.2) is 45.9 Å². The lowest BCUT2D eigenvalue weighted by Gasteiger charge is -2.15. The van der Waals surface area contributed by atoms with E-state index in [4.69, 9.17) is 9.15 Å². The maximum absolute atomic E-state index is 12.4. The Labute approximate surface area is 166 Å². The number of carbonyl (C=O) groups is 1. The minimum atomic E-state index is -0.618. The van der Waals surface area contributed by atoms with Gasteiger partial charge in [0.1, 0.15) is 11.4 Å². The van der Waals surface area contributed by atoms with Gasteiger partial charge >= 0.3 is 11.7 Å². The van der Waals surface area contributed by atoms with Crippen molar-refractivity contribution in [1.82, 2.24) is 15.3 Å². The Morgan fingerprint density at radius 2 is 2.07 bits per heavy atom. The second-order valence-corrected chi connectivity index (χ2v) is 6.29. The molecule has 3 rings (SSSR count). The molecule has 0 fully saturated rings. The smallest absolute Gasteiger partial charge is 0.407 e. The summed E-state index contributed by atoms with van der Waals surface area (Å²) in [5.41, 5.74) is 1.64. The van der Waals surface area contributed by atoms with Crippen molar-refractivity contribution >= 4 is 22.7 Å². The molecule has 9 nitrogen and oxygen atoms in total. The lowest BCUT2D eigenvalue weighted by atomic mass is 10.0. The third kappa shape index (κ3) is 4.88. The fraction of sp³-hybridized carbons (Fsp3) is 0.300. The highest BCUT2D eigenvalue weighted by Crippen LogP contribution is 2.24. The molecule has 2 N–H and O–H groups in total. The van der Waals surface area contributed by atoms with Gasteiger partial charge in [0.25, 0.3) is 0 Å². The van der Waals surface area contributed by atoms with Crippen LogP contribution in [0.25, 0.3) is 11.0 Å². The number of nitrogens with one attached hydrogen (secondary N) is 1. The van der Waals surface area contributed by atoms with Gasteiger partial charge in [-0.15, -0.1) is 0 Å². The molecule has 29 heavy (non-hydrogen) atoms. The van der Waals surface area contributed by atoms with Crippen LogP contribution < -0.4 is 16.0 Å². The maximum atomic E-state index is 12.4. The van der Waals surface area contributed by atoms with Gasteiger partial charge < -0.3 is 14.5 Å². The Bertz CT molecular complexity index is 1050. The number of benzene rings is 1. The molecule has 0 atom stereocenters. The van der Waals surface area contributed by atoms with Crippen molar-refractivity contribution in [2.75, 3.05) is 18.2 Å². The molecule has 0 aliphatic rings. The van der Waals surface area contributed by atoms with Crippen molar-refractivity contribution in [3.05, 3.63) is 64.0 Å². The van der Waals surface area contributed by atoms with Crippen LogP contribution in [0.5, 0.6) is 0 Å². The third-order valence-corrected chi connectivity index (χ3v) is 4.46. The second-order valence-electron chi connectivity index (χ2n) is 6.29. The van der Waals surface area contributed by atoms with Crippen LogP contribution >= 0.6 is 0 Å². The van der Waals surface area contributed by atoms with Crippen molar-refractivity contribution in [2.24, 2.45) is 0 Å². The number of hydroxylamine groups is 1. The van der Waals surface area contributed by atoms with E-state index >= 15 is 0 Å². The molecule has 3 aromatic rings. The van der Waals surface area contributed by atoms with Gasteiger partial charge in [0, 0.05) is 42.4 Å². The molecule has 0 aliphatic heterocycles. The number of ether oxygens (including phenoxy) is 1. The molecule has 9 heteroatoms. The summed E-state index contributed by atoms with van der Waals surface area (Å²) in [5, 5.41) is 14.2. The normalized spacial score (nSPS) is 10.7. The summed E-state index contributed by atoms with van der Waals surface area (Å²) in [4.78, 5) is 32.2. The Morgan fingerprint density at radius 1 is 1.31 bits per heavy atom. The molecule has 1 amide bonds. The topological polar surface area (TPSA) is 118 Å². The molecule has 0 radical (unpaired) electrons.